The fourth-order valence-corrected chi connectivity index (χ4v) is 5.52. The van der Waals surface area contributed by atoms with Gasteiger partial charge in [-0.15, -0.1) is 5.10 Å². The Labute approximate surface area is 229 Å². The number of morpholine rings is 1. The number of aryl methyl sites for hydroxylation is 1. The number of H-pyrrole nitrogens is 1. The van der Waals surface area contributed by atoms with Crippen molar-refractivity contribution in [2.75, 3.05) is 39.4 Å². The van der Waals surface area contributed by atoms with E-state index in [1.54, 1.807) is 0 Å². The average Bonchev–Trinajstić information content (AvgIpc) is 3.37. The van der Waals surface area contributed by atoms with Gasteiger partial charge in [-0.2, -0.15) is 0 Å². The quantitative estimate of drug-likeness (QED) is 0.316. The lowest BCUT2D eigenvalue weighted by Gasteiger charge is -2.34. The van der Waals surface area contributed by atoms with Gasteiger partial charge in [0.05, 0.1) is 25.8 Å². The number of aromatic amines is 1. The van der Waals surface area contributed by atoms with Crippen LogP contribution in [0.15, 0.2) is 59.4 Å². The number of aromatic nitrogens is 5. The first-order chi connectivity index (χ1) is 19.0. The van der Waals surface area contributed by atoms with E-state index >= 15 is 0 Å². The molecule has 0 spiro atoms. The Morgan fingerprint density at radius 1 is 1.08 bits per heavy atom. The van der Waals surface area contributed by atoms with Gasteiger partial charge in [-0.3, -0.25) is 14.6 Å². The van der Waals surface area contributed by atoms with Crippen molar-refractivity contribution in [1.29, 1.82) is 0 Å². The number of benzene rings is 2. The molecule has 1 saturated heterocycles. The summed E-state index contributed by atoms with van der Waals surface area (Å²) in [5.41, 5.74) is 3.89. The second-order valence-electron chi connectivity index (χ2n) is 10.9. The van der Waals surface area contributed by atoms with Crippen molar-refractivity contribution in [1.82, 2.24) is 35.0 Å². The van der Waals surface area contributed by atoms with Gasteiger partial charge in [0.15, 0.2) is 5.82 Å². The predicted octanol–water partition coefficient (Wildman–Crippen LogP) is 3.79. The maximum Gasteiger partial charge on any atom is 0.252 e. The first-order valence-electron chi connectivity index (χ1n) is 13.9. The number of hydrogen-bond acceptors (Lipinski definition) is 7. The first kappa shape index (κ1) is 27.2. The Morgan fingerprint density at radius 2 is 1.87 bits per heavy atom. The summed E-state index contributed by atoms with van der Waals surface area (Å²) in [4.78, 5) is 21.2. The number of pyridine rings is 1. The smallest absolute Gasteiger partial charge is 0.252 e. The van der Waals surface area contributed by atoms with Crippen LogP contribution in [0, 0.1) is 12.8 Å². The van der Waals surface area contributed by atoms with E-state index in [9.17, 15) is 4.79 Å². The molecule has 1 N–H and O–H groups in total. The van der Waals surface area contributed by atoms with Gasteiger partial charge < -0.3 is 9.72 Å². The second-order valence-corrected chi connectivity index (χ2v) is 10.9. The highest BCUT2D eigenvalue weighted by Gasteiger charge is 2.30. The Morgan fingerprint density at radius 3 is 2.64 bits per heavy atom. The molecular formula is C30H39N7O2. The van der Waals surface area contributed by atoms with Crippen molar-refractivity contribution >= 4 is 10.9 Å². The maximum absolute atomic E-state index is 13.2. The third-order valence-electron chi connectivity index (χ3n) is 7.50. The summed E-state index contributed by atoms with van der Waals surface area (Å²) >= 11 is 0. The van der Waals surface area contributed by atoms with Gasteiger partial charge in [-0.25, -0.2) is 4.68 Å². The molecule has 0 saturated carbocycles. The zero-order valence-corrected chi connectivity index (χ0v) is 23.2. The molecule has 1 aliphatic heterocycles. The van der Waals surface area contributed by atoms with E-state index in [0.29, 0.717) is 13.1 Å². The van der Waals surface area contributed by atoms with Crippen LogP contribution in [0.4, 0.5) is 0 Å². The molecule has 39 heavy (non-hydrogen) atoms. The molecular weight excluding hydrogens is 490 g/mol. The Bertz CT molecular complexity index is 1410. The zero-order chi connectivity index (χ0) is 27.2. The molecule has 4 aromatic rings. The Hall–Kier alpha value is -3.40. The second kappa shape index (κ2) is 12.6. The summed E-state index contributed by atoms with van der Waals surface area (Å²) in [6, 6.07) is 18.4. The van der Waals surface area contributed by atoms with Crippen LogP contribution >= 0.6 is 0 Å². The van der Waals surface area contributed by atoms with Crippen LogP contribution in [0.1, 0.15) is 48.8 Å². The number of hydrogen-bond donors (Lipinski definition) is 1. The van der Waals surface area contributed by atoms with Crippen LogP contribution in [0.5, 0.6) is 0 Å². The van der Waals surface area contributed by atoms with Crippen LogP contribution in [-0.2, 0) is 17.8 Å². The lowest BCUT2D eigenvalue weighted by molar-refractivity contribution is 0.0341. The van der Waals surface area contributed by atoms with Crippen molar-refractivity contribution in [3.05, 3.63) is 87.5 Å². The molecule has 3 heterocycles. The lowest BCUT2D eigenvalue weighted by atomic mass is 9.99. The van der Waals surface area contributed by atoms with Crippen LogP contribution in [-0.4, -0.2) is 74.4 Å². The molecule has 206 valence electrons. The molecule has 0 amide bonds. The average molecular weight is 530 g/mol. The fourth-order valence-electron chi connectivity index (χ4n) is 5.52. The number of nitrogens with one attached hydrogen (secondary N) is 1. The highest BCUT2D eigenvalue weighted by Crippen LogP contribution is 2.29. The van der Waals surface area contributed by atoms with Crippen molar-refractivity contribution in [3.8, 4) is 0 Å². The van der Waals surface area contributed by atoms with Gasteiger partial charge in [0.2, 0.25) is 0 Å². The van der Waals surface area contributed by atoms with Crippen molar-refractivity contribution in [2.45, 2.75) is 46.3 Å². The molecule has 9 heteroatoms. The van der Waals surface area contributed by atoms with Crippen LogP contribution in [0.2, 0.25) is 0 Å². The topological polar surface area (TPSA) is 92.2 Å². The molecule has 0 aliphatic carbocycles. The van der Waals surface area contributed by atoms with E-state index < -0.39 is 0 Å². The lowest BCUT2D eigenvalue weighted by Crippen LogP contribution is -2.40. The van der Waals surface area contributed by atoms with Gasteiger partial charge in [0.25, 0.3) is 5.56 Å². The normalized spacial score (nSPS) is 15.4. The van der Waals surface area contributed by atoms with Crippen molar-refractivity contribution in [3.63, 3.8) is 0 Å². The summed E-state index contributed by atoms with van der Waals surface area (Å²) in [6.45, 7) is 12.9. The molecule has 2 aromatic heterocycles. The van der Waals surface area contributed by atoms with E-state index in [0.717, 1.165) is 73.7 Å². The van der Waals surface area contributed by atoms with E-state index in [4.69, 9.17) is 4.74 Å². The highest BCUT2D eigenvalue weighted by atomic mass is 16.5. The van der Waals surface area contributed by atoms with Gasteiger partial charge in [-0.05, 0) is 65.4 Å². The number of tetrazole rings is 1. The monoisotopic (exact) mass is 529 g/mol. The SMILES string of the molecule is Cc1ccc2[nH]c(=O)c(CN(CCCN3CCOCC3)C(c3nnnn3Cc3ccccc3)C(C)C)cc2c1. The summed E-state index contributed by atoms with van der Waals surface area (Å²) in [5.74, 6) is 1.06. The molecule has 1 aliphatic rings. The Balaban J connectivity index is 1.45. The van der Waals surface area contributed by atoms with E-state index in [2.05, 4.69) is 69.3 Å². The van der Waals surface area contributed by atoms with Crippen molar-refractivity contribution < 1.29 is 4.74 Å². The van der Waals surface area contributed by atoms with E-state index in [-0.39, 0.29) is 17.5 Å². The molecule has 5 rings (SSSR count). The van der Waals surface area contributed by atoms with Crippen LogP contribution in [0.25, 0.3) is 10.9 Å². The third-order valence-corrected chi connectivity index (χ3v) is 7.50. The molecule has 0 bridgehead atoms. The minimum Gasteiger partial charge on any atom is -0.379 e. The fraction of sp³-hybridized carbons (Fsp3) is 0.467. The first-order valence-corrected chi connectivity index (χ1v) is 13.9. The molecule has 1 atom stereocenters. The van der Waals surface area contributed by atoms with Crippen LogP contribution in [0.3, 0.4) is 0 Å². The number of fused-ring (bicyclic) bond motifs is 1. The summed E-state index contributed by atoms with van der Waals surface area (Å²) < 4.78 is 7.43. The standard InChI is InChI=1S/C30H39N7O2/c1-22(2)28(29-32-33-34-37(29)20-24-8-5-4-6-9-24)36(13-7-12-35-14-16-39-17-15-35)21-26-19-25-18-23(3)10-11-27(25)31-30(26)38/h4-6,8-11,18-19,22,28H,7,12-17,20-21H2,1-3H3,(H,31,38). The maximum atomic E-state index is 13.2. The molecule has 1 unspecified atom stereocenters. The van der Waals surface area contributed by atoms with Crippen molar-refractivity contribution in [2.24, 2.45) is 5.92 Å². The van der Waals surface area contributed by atoms with Crippen LogP contribution < -0.4 is 5.56 Å². The van der Waals surface area contributed by atoms with E-state index in [1.165, 1.54) is 5.56 Å². The highest BCUT2D eigenvalue weighted by molar-refractivity contribution is 5.79. The predicted molar refractivity (Wildman–Crippen MR) is 153 cm³/mol. The largest absolute Gasteiger partial charge is 0.379 e. The van der Waals surface area contributed by atoms with Gasteiger partial charge in [-0.1, -0.05) is 55.8 Å². The number of ether oxygens (including phenoxy) is 1. The third kappa shape index (κ3) is 6.79. The number of rotatable bonds is 11. The van der Waals surface area contributed by atoms with Gasteiger partial charge in [0, 0.05) is 37.3 Å². The number of nitrogens with zero attached hydrogens (tertiary/aromatic N) is 6. The summed E-state index contributed by atoms with van der Waals surface area (Å²) in [7, 11) is 0. The molecule has 2 aromatic carbocycles. The summed E-state index contributed by atoms with van der Waals surface area (Å²) in [6.07, 6.45) is 0.980. The molecule has 0 radical (unpaired) electrons. The van der Waals surface area contributed by atoms with Gasteiger partial charge >= 0.3 is 0 Å². The summed E-state index contributed by atoms with van der Waals surface area (Å²) in [5, 5.41) is 14.0. The minimum absolute atomic E-state index is 0.0454. The minimum atomic E-state index is -0.0546. The van der Waals surface area contributed by atoms with Gasteiger partial charge in [0.1, 0.15) is 0 Å². The zero-order valence-electron chi connectivity index (χ0n) is 23.2. The molecule has 9 nitrogen and oxygen atoms in total. The molecule has 1 fully saturated rings. The Kier molecular flexibility index (Phi) is 8.81. The van der Waals surface area contributed by atoms with E-state index in [1.807, 2.05) is 41.1 Å².